The number of rotatable bonds is 4. The number of sulfone groups is 1. The van der Waals surface area contributed by atoms with Gasteiger partial charge >= 0.3 is 5.97 Å². The molecule has 0 aliphatic carbocycles. The minimum atomic E-state index is -3.72. The summed E-state index contributed by atoms with van der Waals surface area (Å²) >= 11 is 11.5. The van der Waals surface area contributed by atoms with Crippen LogP contribution in [0.1, 0.15) is 5.56 Å². The number of carboxylic acid groups (broad SMARTS) is 1. The van der Waals surface area contributed by atoms with Gasteiger partial charge in [0.25, 0.3) is 0 Å². The van der Waals surface area contributed by atoms with Crippen LogP contribution in [0.2, 0.25) is 10.0 Å². The fraction of sp³-hybridized carbons (Fsp3) is 0.222. The Morgan fingerprint density at radius 2 is 1.94 bits per heavy atom. The van der Waals surface area contributed by atoms with Gasteiger partial charge in [-0.15, -0.1) is 0 Å². The van der Waals surface area contributed by atoms with Crippen LogP contribution in [-0.2, 0) is 20.4 Å². The summed E-state index contributed by atoms with van der Waals surface area (Å²) in [5.74, 6) is -2.74. The summed E-state index contributed by atoms with van der Waals surface area (Å²) in [4.78, 5) is 10.3. The Bertz CT molecular complexity index is 510. The van der Waals surface area contributed by atoms with Gasteiger partial charge in [0.15, 0.2) is 9.84 Å². The topological polar surface area (TPSA) is 71.4 Å². The van der Waals surface area contributed by atoms with E-state index < -0.39 is 27.3 Å². The van der Waals surface area contributed by atoms with Crippen molar-refractivity contribution in [1.82, 2.24) is 0 Å². The first-order chi connectivity index (χ1) is 7.32. The van der Waals surface area contributed by atoms with Crippen molar-refractivity contribution in [2.24, 2.45) is 0 Å². The Hall–Kier alpha value is -0.780. The summed E-state index contributed by atoms with van der Waals surface area (Å²) in [7, 11) is -3.72. The van der Waals surface area contributed by atoms with Gasteiger partial charge in [0.2, 0.25) is 0 Å². The van der Waals surface area contributed by atoms with Gasteiger partial charge in [0, 0.05) is 0 Å². The van der Waals surface area contributed by atoms with Crippen LogP contribution in [0, 0.1) is 0 Å². The largest absolute Gasteiger partial charge is 0.480 e. The molecular weight excluding hydrogens is 275 g/mol. The van der Waals surface area contributed by atoms with Crippen molar-refractivity contribution < 1.29 is 18.3 Å². The highest BCUT2D eigenvalue weighted by molar-refractivity contribution is 7.91. The third-order valence-corrected chi connectivity index (χ3v) is 4.05. The van der Waals surface area contributed by atoms with E-state index in [4.69, 9.17) is 28.3 Å². The second kappa shape index (κ2) is 5.03. The smallest absolute Gasteiger partial charge is 0.318 e. The number of carbonyl (C=O) groups is 1. The normalized spacial score (nSPS) is 11.4. The highest BCUT2D eigenvalue weighted by Crippen LogP contribution is 2.26. The summed E-state index contributed by atoms with van der Waals surface area (Å²) < 4.78 is 22.8. The number of hydrogen-bond donors (Lipinski definition) is 1. The van der Waals surface area contributed by atoms with Crippen LogP contribution in [0.25, 0.3) is 0 Å². The lowest BCUT2D eigenvalue weighted by atomic mass is 10.2. The lowest BCUT2D eigenvalue weighted by Gasteiger charge is -2.05. The molecule has 1 aromatic carbocycles. The molecule has 0 fully saturated rings. The Labute approximate surface area is 103 Å². The van der Waals surface area contributed by atoms with E-state index in [9.17, 15) is 13.2 Å². The van der Waals surface area contributed by atoms with Crippen molar-refractivity contribution >= 4 is 39.0 Å². The maximum Gasteiger partial charge on any atom is 0.318 e. The summed E-state index contributed by atoms with van der Waals surface area (Å²) in [6, 6.07) is 4.57. The maximum absolute atomic E-state index is 11.4. The molecular formula is C9H8Cl2O4S. The molecule has 0 aliphatic heterocycles. The van der Waals surface area contributed by atoms with E-state index in [2.05, 4.69) is 0 Å². The highest BCUT2D eigenvalue weighted by Gasteiger charge is 2.18. The number of carboxylic acids is 1. The van der Waals surface area contributed by atoms with Gasteiger partial charge in [0.05, 0.1) is 15.8 Å². The summed E-state index contributed by atoms with van der Waals surface area (Å²) in [6.07, 6.45) is 0. The van der Waals surface area contributed by atoms with Gasteiger partial charge < -0.3 is 5.11 Å². The summed E-state index contributed by atoms with van der Waals surface area (Å²) in [5, 5.41) is 8.79. The molecule has 0 radical (unpaired) electrons. The predicted octanol–water partition coefficient (Wildman–Crippen LogP) is 1.99. The lowest BCUT2D eigenvalue weighted by molar-refractivity contribution is -0.134. The molecule has 1 aromatic rings. The Morgan fingerprint density at radius 3 is 2.50 bits per heavy atom. The molecule has 1 rings (SSSR count). The van der Waals surface area contributed by atoms with E-state index in [0.717, 1.165) is 0 Å². The maximum atomic E-state index is 11.4. The number of benzene rings is 1. The van der Waals surface area contributed by atoms with Crippen LogP contribution in [0.5, 0.6) is 0 Å². The molecule has 0 heterocycles. The molecule has 0 aromatic heterocycles. The van der Waals surface area contributed by atoms with Crippen LogP contribution in [-0.4, -0.2) is 25.2 Å². The van der Waals surface area contributed by atoms with E-state index in [0.29, 0.717) is 5.56 Å². The average Bonchev–Trinajstić information content (AvgIpc) is 2.10. The summed E-state index contributed by atoms with van der Waals surface area (Å²) in [6.45, 7) is 0. The highest BCUT2D eigenvalue weighted by atomic mass is 35.5. The molecule has 88 valence electrons. The van der Waals surface area contributed by atoms with E-state index in [1.54, 1.807) is 6.07 Å². The van der Waals surface area contributed by atoms with E-state index in [1.165, 1.54) is 12.1 Å². The van der Waals surface area contributed by atoms with Crippen LogP contribution in [0.15, 0.2) is 18.2 Å². The van der Waals surface area contributed by atoms with Crippen molar-refractivity contribution in [3.8, 4) is 0 Å². The third kappa shape index (κ3) is 3.66. The molecule has 4 nitrogen and oxygen atoms in total. The van der Waals surface area contributed by atoms with Crippen LogP contribution < -0.4 is 0 Å². The fourth-order valence-corrected chi connectivity index (χ4v) is 2.79. The van der Waals surface area contributed by atoms with Gasteiger partial charge in [-0.05, 0) is 11.6 Å². The zero-order chi connectivity index (χ0) is 12.3. The molecule has 0 aliphatic rings. The molecule has 0 saturated heterocycles. The van der Waals surface area contributed by atoms with E-state index >= 15 is 0 Å². The quantitative estimate of drug-likeness (QED) is 0.917. The first-order valence-electron chi connectivity index (χ1n) is 4.17. The van der Waals surface area contributed by atoms with Crippen LogP contribution in [0.3, 0.4) is 0 Å². The first-order valence-corrected chi connectivity index (χ1v) is 6.74. The summed E-state index contributed by atoms with van der Waals surface area (Å²) in [5.41, 5.74) is 0.301. The van der Waals surface area contributed by atoms with Gasteiger partial charge in [-0.25, -0.2) is 8.42 Å². The third-order valence-electron chi connectivity index (χ3n) is 1.75. The van der Waals surface area contributed by atoms with Gasteiger partial charge in [-0.3, -0.25) is 4.79 Å². The SMILES string of the molecule is O=C(O)CS(=O)(=O)Cc1cccc(Cl)c1Cl. The Kier molecular flexibility index (Phi) is 4.18. The molecule has 0 atom stereocenters. The van der Waals surface area contributed by atoms with Gasteiger partial charge in [-0.2, -0.15) is 0 Å². The van der Waals surface area contributed by atoms with E-state index in [-0.39, 0.29) is 10.0 Å². The molecule has 0 amide bonds. The molecule has 1 N–H and O–H groups in total. The zero-order valence-corrected chi connectivity index (χ0v) is 10.3. The molecule has 0 saturated carbocycles. The number of aliphatic carboxylic acids is 1. The minimum absolute atomic E-state index is 0.137. The second-order valence-corrected chi connectivity index (χ2v) is 5.99. The van der Waals surface area contributed by atoms with Crippen molar-refractivity contribution in [2.75, 3.05) is 5.75 Å². The zero-order valence-electron chi connectivity index (χ0n) is 7.98. The van der Waals surface area contributed by atoms with Crippen LogP contribution in [0.4, 0.5) is 0 Å². The van der Waals surface area contributed by atoms with Crippen LogP contribution >= 0.6 is 23.2 Å². The van der Waals surface area contributed by atoms with Crippen molar-refractivity contribution in [3.05, 3.63) is 33.8 Å². The molecule has 16 heavy (non-hydrogen) atoms. The van der Waals surface area contributed by atoms with Crippen molar-refractivity contribution in [2.45, 2.75) is 5.75 Å². The standard InChI is InChI=1S/C9H8Cl2O4S/c10-7-3-1-2-6(9(7)11)4-16(14,15)5-8(12)13/h1-3H,4-5H2,(H,12,13). The molecule has 7 heteroatoms. The lowest BCUT2D eigenvalue weighted by Crippen LogP contribution is -2.17. The predicted molar refractivity (Wildman–Crippen MR) is 61.6 cm³/mol. The first kappa shape index (κ1) is 13.3. The van der Waals surface area contributed by atoms with Crippen molar-refractivity contribution in [1.29, 1.82) is 0 Å². The van der Waals surface area contributed by atoms with E-state index in [1.807, 2.05) is 0 Å². The van der Waals surface area contributed by atoms with Gasteiger partial charge in [0.1, 0.15) is 5.75 Å². The van der Waals surface area contributed by atoms with Crippen molar-refractivity contribution in [3.63, 3.8) is 0 Å². The Morgan fingerprint density at radius 1 is 1.31 bits per heavy atom. The molecule has 0 spiro atoms. The Balaban J connectivity index is 2.97. The second-order valence-electron chi connectivity index (χ2n) is 3.14. The monoisotopic (exact) mass is 282 g/mol. The molecule has 0 unspecified atom stereocenters. The average molecular weight is 283 g/mol. The fourth-order valence-electron chi connectivity index (χ4n) is 1.14. The van der Waals surface area contributed by atoms with Gasteiger partial charge in [-0.1, -0.05) is 35.3 Å². The minimum Gasteiger partial charge on any atom is -0.480 e. The number of halogens is 2. The number of hydrogen-bond acceptors (Lipinski definition) is 3. The molecule has 0 bridgehead atoms.